The molecule has 0 spiro atoms. The Kier molecular flexibility index (Phi) is 4.02. The number of fused-ring (bicyclic) bond motifs is 3. The maximum atomic E-state index is 12.2. The van der Waals surface area contributed by atoms with Crippen molar-refractivity contribution in [3.8, 4) is 0 Å². The quantitative estimate of drug-likeness (QED) is 0.795. The molecule has 1 unspecified atom stereocenters. The Bertz CT molecular complexity index is 776. The average molecular weight is 307 g/mol. The molecule has 21 heavy (non-hydrogen) atoms. The highest BCUT2D eigenvalue weighted by atomic mass is 32.2. The SMILES string of the molecule is C=C1Cc2c(C)c3cc(C(=O)OCC)ccc3n2S1=O.O. The molecule has 0 radical (unpaired) electrons. The number of carbonyl (C=O) groups excluding carboxylic acids is 1. The summed E-state index contributed by atoms with van der Waals surface area (Å²) in [5.41, 5.74) is 3.47. The zero-order chi connectivity index (χ0) is 14.4. The van der Waals surface area contributed by atoms with Gasteiger partial charge in [0.05, 0.1) is 17.7 Å². The summed E-state index contributed by atoms with van der Waals surface area (Å²) in [5.74, 6) is -0.328. The fraction of sp³-hybridized carbons (Fsp3) is 0.267. The fourth-order valence-corrected chi connectivity index (χ4v) is 3.84. The van der Waals surface area contributed by atoms with E-state index in [9.17, 15) is 9.00 Å². The summed E-state index contributed by atoms with van der Waals surface area (Å²) in [7, 11) is -1.21. The Hall–Kier alpha value is -1.92. The highest BCUT2D eigenvalue weighted by Crippen LogP contribution is 2.34. The molecule has 0 fully saturated rings. The lowest BCUT2D eigenvalue weighted by atomic mass is 10.1. The van der Waals surface area contributed by atoms with Gasteiger partial charge in [0.2, 0.25) is 0 Å². The number of hydrogen-bond donors (Lipinski definition) is 0. The third-order valence-electron chi connectivity index (χ3n) is 3.59. The molecule has 0 bridgehead atoms. The smallest absolute Gasteiger partial charge is 0.338 e. The van der Waals surface area contributed by atoms with Crippen LogP contribution in [0, 0.1) is 6.92 Å². The second kappa shape index (κ2) is 5.46. The van der Waals surface area contributed by atoms with Crippen molar-refractivity contribution in [1.82, 2.24) is 3.97 Å². The number of nitrogens with zero attached hydrogens (tertiary/aromatic N) is 1. The number of benzene rings is 1. The van der Waals surface area contributed by atoms with E-state index in [1.54, 1.807) is 13.0 Å². The van der Waals surface area contributed by atoms with Gasteiger partial charge in [-0.15, -0.1) is 0 Å². The van der Waals surface area contributed by atoms with E-state index in [0.29, 0.717) is 18.6 Å². The zero-order valence-electron chi connectivity index (χ0n) is 11.9. The van der Waals surface area contributed by atoms with Crippen LogP contribution in [-0.2, 0) is 22.1 Å². The standard InChI is InChI=1S/C15H15NO3S.H2O/c1-4-19-15(17)11-5-6-13-12(8-11)10(3)14-7-9(2)20(18)16(13)14;/h5-6,8H,2,4,7H2,1,3H3;1H2. The van der Waals surface area contributed by atoms with Crippen LogP contribution in [0.2, 0.25) is 0 Å². The summed E-state index contributed by atoms with van der Waals surface area (Å²) in [6, 6.07) is 5.36. The lowest BCUT2D eigenvalue weighted by Crippen LogP contribution is -2.04. The Labute approximate surface area is 125 Å². The number of esters is 1. The third-order valence-corrected chi connectivity index (χ3v) is 4.97. The Balaban J connectivity index is 0.00000161. The number of hydrogen-bond acceptors (Lipinski definition) is 3. The van der Waals surface area contributed by atoms with Crippen LogP contribution in [0.25, 0.3) is 10.9 Å². The molecule has 0 amide bonds. The van der Waals surface area contributed by atoms with E-state index in [2.05, 4.69) is 6.58 Å². The average Bonchev–Trinajstić information content (AvgIpc) is 2.87. The number of rotatable bonds is 2. The number of allylic oxidation sites excluding steroid dienone is 1. The first-order valence-electron chi connectivity index (χ1n) is 6.45. The van der Waals surface area contributed by atoms with Gasteiger partial charge in [-0.3, -0.25) is 3.97 Å². The van der Waals surface area contributed by atoms with Gasteiger partial charge in [0.1, 0.15) is 0 Å². The van der Waals surface area contributed by atoms with E-state index in [1.807, 2.05) is 23.0 Å². The third kappa shape index (κ3) is 2.20. The van der Waals surface area contributed by atoms with E-state index < -0.39 is 11.0 Å². The Morgan fingerprint density at radius 3 is 2.86 bits per heavy atom. The minimum absolute atomic E-state index is 0. The van der Waals surface area contributed by atoms with Crippen molar-refractivity contribution >= 4 is 27.9 Å². The van der Waals surface area contributed by atoms with Gasteiger partial charge in [0, 0.05) is 22.4 Å². The van der Waals surface area contributed by atoms with Crippen molar-refractivity contribution in [2.75, 3.05) is 6.61 Å². The molecule has 1 aromatic heterocycles. The highest BCUT2D eigenvalue weighted by Gasteiger charge is 2.27. The molecule has 1 aliphatic rings. The molecule has 1 aliphatic heterocycles. The molecule has 112 valence electrons. The van der Waals surface area contributed by atoms with Crippen LogP contribution in [-0.4, -0.2) is 26.2 Å². The van der Waals surface area contributed by atoms with Crippen LogP contribution in [0.15, 0.2) is 29.7 Å². The van der Waals surface area contributed by atoms with Crippen molar-refractivity contribution in [1.29, 1.82) is 0 Å². The van der Waals surface area contributed by atoms with E-state index >= 15 is 0 Å². The summed E-state index contributed by atoms with van der Waals surface area (Å²) in [6.07, 6.45) is 0.627. The van der Waals surface area contributed by atoms with Crippen LogP contribution in [0.4, 0.5) is 0 Å². The molecule has 2 N–H and O–H groups in total. The number of ether oxygens (including phenoxy) is 1. The normalized spacial score (nSPS) is 16.7. The largest absolute Gasteiger partial charge is 0.462 e. The van der Waals surface area contributed by atoms with Gasteiger partial charge in [-0.25, -0.2) is 9.00 Å². The molecule has 5 nitrogen and oxygen atoms in total. The van der Waals surface area contributed by atoms with Crippen molar-refractivity contribution in [3.05, 3.63) is 46.5 Å². The summed E-state index contributed by atoms with van der Waals surface area (Å²) < 4.78 is 19.0. The molecular weight excluding hydrogens is 290 g/mol. The molecule has 0 aliphatic carbocycles. The maximum absolute atomic E-state index is 12.2. The first-order valence-corrected chi connectivity index (χ1v) is 7.56. The summed E-state index contributed by atoms with van der Waals surface area (Å²) in [5, 5.41) is 0.950. The maximum Gasteiger partial charge on any atom is 0.338 e. The van der Waals surface area contributed by atoms with Gasteiger partial charge in [0.25, 0.3) is 0 Å². The zero-order valence-corrected chi connectivity index (χ0v) is 12.8. The van der Waals surface area contributed by atoms with Gasteiger partial charge < -0.3 is 10.2 Å². The van der Waals surface area contributed by atoms with Gasteiger partial charge >= 0.3 is 5.97 Å². The van der Waals surface area contributed by atoms with Crippen molar-refractivity contribution in [3.63, 3.8) is 0 Å². The Morgan fingerprint density at radius 2 is 2.19 bits per heavy atom. The van der Waals surface area contributed by atoms with E-state index in [-0.39, 0.29) is 11.4 Å². The molecule has 2 heterocycles. The van der Waals surface area contributed by atoms with Gasteiger partial charge in [-0.2, -0.15) is 0 Å². The molecule has 1 atom stereocenters. The van der Waals surface area contributed by atoms with Gasteiger partial charge in [-0.1, -0.05) is 6.58 Å². The van der Waals surface area contributed by atoms with E-state index in [4.69, 9.17) is 4.74 Å². The highest BCUT2D eigenvalue weighted by molar-refractivity contribution is 7.88. The minimum atomic E-state index is -1.21. The van der Waals surface area contributed by atoms with Gasteiger partial charge in [-0.05, 0) is 37.6 Å². The van der Waals surface area contributed by atoms with Crippen LogP contribution in [0.5, 0.6) is 0 Å². The van der Waals surface area contributed by atoms with Crippen molar-refractivity contribution in [2.24, 2.45) is 0 Å². The number of carbonyl (C=O) groups is 1. The lowest BCUT2D eigenvalue weighted by molar-refractivity contribution is 0.0526. The molecule has 6 heteroatoms. The second-order valence-corrected chi connectivity index (χ2v) is 6.22. The number of aryl methyl sites for hydroxylation is 1. The predicted molar refractivity (Wildman–Crippen MR) is 82.6 cm³/mol. The molecule has 2 aromatic rings. The predicted octanol–water partition coefficient (Wildman–Crippen LogP) is 1.88. The van der Waals surface area contributed by atoms with Crippen LogP contribution in [0.3, 0.4) is 0 Å². The second-order valence-electron chi connectivity index (χ2n) is 4.78. The van der Waals surface area contributed by atoms with Crippen molar-refractivity contribution in [2.45, 2.75) is 20.3 Å². The fourth-order valence-electron chi connectivity index (χ4n) is 2.58. The van der Waals surface area contributed by atoms with E-state index in [0.717, 1.165) is 27.1 Å². The molecule has 3 rings (SSSR count). The van der Waals surface area contributed by atoms with Crippen molar-refractivity contribution < 1.29 is 19.2 Å². The van der Waals surface area contributed by atoms with Crippen LogP contribution >= 0.6 is 0 Å². The van der Waals surface area contributed by atoms with Gasteiger partial charge in [0.15, 0.2) is 11.0 Å². The topological polar surface area (TPSA) is 79.8 Å². The summed E-state index contributed by atoms with van der Waals surface area (Å²) >= 11 is 0. The molecule has 0 saturated carbocycles. The first kappa shape index (κ1) is 15.5. The molecular formula is C15H17NO4S. The minimum Gasteiger partial charge on any atom is -0.462 e. The van der Waals surface area contributed by atoms with E-state index in [1.165, 1.54) is 0 Å². The summed E-state index contributed by atoms with van der Waals surface area (Å²) in [6.45, 7) is 7.96. The Morgan fingerprint density at radius 1 is 1.48 bits per heavy atom. The molecule has 0 saturated heterocycles. The lowest BCUT2D eigenvalue weighted by Gasteiger charge is -2.04. The van der Waals surface area contributed by atoms with Crippen LogP contribution in [0.1, 0.15) is 28.5 Å². The first-order chi connectivity index (χ1) is 9.54. The van der Waals surface area contributed by atoms with Crippen LogP contribution < -0.4 is 0 Å². The summed E-state index contributed by atoms with van der Waals surface area (Å²) in [4.78, 5) is 12.5. The monoisotopic (exact) mass is 307 g/mol. The molecule has 1 aromatic carbocycles. The number of aromatic nitrogens is 1.